The Morgan fingerprint density at radius 1 is 1.28 bits per heavy atom. The molecular formula is C13H15N3O2. The molecule has 2 aromatic rings. The van der Waals surface area contributed by atoms with E-state index in [1.807, 2.05) is 0 Å². The monoisotopic (exact) mass is 245 g/mol. The number of fused-ring (bicyclic) bond motifs is 1. The molecule has 94 valence electrons. The molecule has 0 aliphatic carbocycles. The molecule has 5 heteroatoms. The molecule has 1 unspecified atom stereocenters. The number of hydrogen-bond donors (Lipinski definition) is 2. The van der Waals surface area contributed by atoms with E-state index in [0.717, 1.165) is 31.6 Å². The Morgan fingerprint density at radius 2 is 2.17 bits per heavy atom. The van der Waals surface area contributed by atoms with E-state index < -0.39 is 0 Å². The lowest BCUT2D eigenvalue weighted by atomic mass is 9.96. The van der Waals surface area contributed by atoms with Crippen molar-refractivity contribution < 1.29 is 0 Å². The molecule has 0 spiro atoms. The average molecular weight is 245 g/mol. The minimum atomic E-state index is -0.0932. The van der Waals surface area contributed by atoms with Gasteiger partial charge in [-0.3, -0.25) is 14.0 Å². The van der Waals surface area contributed by atoms with Gasteiger partial charge in [-0.25, -0.2) is 0 Å². The van der Waals surface area contributed by atoms with Crippen molar-refractivity contribution in [3.8, 4) is 0 Å². The van der Waals surface area contributed by atoms with E-state index >= 15 is 0 Å². The van der Waals surface area contributed by atoms with Crippen LogP contribution in [0.2, 0.25) is 0 Å². The normalized spacial score (nSPS) is 20.1. The summed E-state index contributed by atoms with van der Waals surface area (Å²) < 4.78 is 1.46. The predicted molar refractivity (Wildman–Crippen MR) is 69.1 cm³/mol. The summed E-state index contributed by atoms with van der Waals surface area (Å²) in [6, 6.07) is 4.49. The number of aromatic nitrogens is 2. The van der Waals surface area contributed by atoms with Crippen LogP contribution in [0.5, 0.6) is 0 Å². The minimum Gasteiger partial charge on any atom is -0.344 e. The molecule has 0 radical (unpaired) electrons. The first kappa shape index (κ1) is 11.2. The number of nitrogens with one attached hydrogen (secondary N) is 2. The van der Waals surface area contributed by atoms with Crippen LogP contribution in [0.15, 0.2) is 34.0 Å². The van der Waals surface area contributed by atoms with Gasteiger partial charge >= 0.3 is 0 Å². The van der Waals surface area contributed by atoms with Crippen molar-refractivity contribution >= 4 is 5.65 Å². The van der Waals surface area contributed by atoms with E-state index in [1.54, 1.807) is 6.07 Å². The zero-order chi connectivity index (χ0) is 12.5. The highest BCUT2D eigenvalue weighted by Crippen LogP contribution is 2.20. The molecule has 0 aromatic carbocycles. The molecule has 0 amide bonds. The Bertz CT molecular complexity index is 680. The molecule has 1 saturated heterocycles. The van der Waals surface area contributed by atoms with E-state index in [9.17, 15) is 9.59 Å². The third-order valence-corrected chi connectivity index (χ3v) is 3.45. The fraction of sp³-hybridized carbons (Fsp3) is 0.385. The zero-order valence-corrected chi connectivity index (χ0v) is 9.98. The molecule has 2 aromatic heterocycles. The first-order valence-corrected chi connectivity index (χ1v) is 6.20. The molecule has 3 heterocycles. The molecule has 0 bridgehead atoms. The highest BCUT2D eigenvalue weighted by Gasteiger charge is 2.16. The Labute approximate surface area is 103 Å². The number of aromatic amines is 1. The zero-order valence-electron chi connectivity index (χ0n) is 9.98. The average Bonchev–Trinajstić information content (AvgIpc) is 2.39. The van der Waals surface area contributed by atoms with Crippen LogP contribution in [0.25, 0.3) is 5.65 Å². The number of H-pyrrole nitrogens is 1. The van der Waals surface area contributed by atoms with E-state index in [1.165, 1.54) is 22.7 Å². The summed E-state index contributed by atoms with van der Waals surface area (Å²) in [7, 11) is 0. The van der Waals surface area contributed by atoms with Crippen LogP contribution < -0.4 is 16.3 Å². The lowest BCUT2D eigenvalue weighted by Gasteiger charge is -2.23. The van der Waals surface area contributed by atoms with Gasteiger partial charge in [-0.05, 0) is 19.4 Å². The predicted octanol–water partition coefficient (Wildman–Crippen LogP) is 0.455. The van der Waals surface area contributed by atoms with Crippen molar-refractivity contribution in [3.05, 3.63) is 50.7 Å². The summed E-state index contributed by atoms with van der Waals surface area (Å²) in [6.45, 7) is 1.91. The molecule has 0 saturated carbocycles. The number of pyridine rings is 1. The summed E-state index contributed by atoms with van der Waals surface area (Å²) >= 11 is 0. The molecule has 2 N–H and O–H groups in total. The van der Waals surface area contributed by atoms with Crippen molar-refractivity contribution in [2.24, 2.45) is 0 Å². The minimum absolute atomic E-state index is 0.0930. The van der Waals surface area contributed by atoms with Gasteiger partial charge in [0, 0.05) is 42.6 Å². The van der Waals surface area contributed by atoms with E-state index in [-0.39, 0.29) is 11.0 Å². The second kappa shape index (κ2) is 4.42. The Kier molecular flexibility index (Phi) is 2.76. The summed E-state index contributed by atoms with van der Waals surface area (Å²) in [5.41, 5.74) is 1.29. The third kappa shape index (κ3) is 1.97. The molecule has 5 nitrogen and oxygen atoms in total. The van der Waals surface area contributed by atoms with Gasteiger partial charge in [-0.15, -0.1) is 0 Å². The van der Waals surface area contributed by atoms with Crippen LogP contribution in [-0.2, 0) is 0 Å². The summed E-state index contributed by atoms with van der Waals surface area (Å²) in [6.07, 6.45) is 3.69. The summed E-state index contributed by atoms with van der Waals surface area (Å²) in [4.78, 5) is 26.5. The number of nitrogens with zero attached hydrogens (tertiary/aromatic N) is 1. The highest BCUT2D eigenvalue weighted by atomic mass is 16.1. The van der Waals surface area contributed by atoms with Crippen LogP contribution in [0, 0.1) is 0 Å². The Hall–Kier alpha value is -1.88. The van der Waals surface area contributed by atoms with Crippen molar-refractivity contribution in [1.29, 1.82) is 0 Å². The van der Waals surface area contributed by atoms with Gasteiger partial charge in [0.2, 0.25) is 0 Å². The smallest absolute Gasteiger partial charge is 0.257 e. The van der Waals surface area contributed by atoms with Crippen LogP contribution in [0.4, 0.5) is 0 Å². The SMILES string of the molecule is O=c1ccn2c(=O)cc(C3CCCNC3)[nH]c2c1. The molecule has 1 aliphatic rings. The first-order chi connectivity index (χ1) is 8.74. The van der Waals surface area contributed by atoms with Gasteiger partial charge in [0.05, 0.1) is 0 Å². The van der Waals surface area contributed by atoms with Crippen LogP contribution in [0.3, 0.4) is 0 Å². The second-order valence-electron chi connectivity index (χ2n) is 4.72. The lowest BCUT2D eigenvalue weighted by Crippen LogP contribution is -2.30. The first-order valence-electron chi connectivity index (χ1n) is 6.20. The van der Waals surface area contributed by atoms with Gasteiger partial charge in [0.25, 0.3) is 5.56 Å². The Morgan fingerprint density at radius 3 is 2.94 bits per heavy atom. The number of hydrogen-bond acceptors (Lipinski definition) is 3. The van der Waals surface area contributed by atoms with Gasteiger partial charge in [-0.2, -0.15) is 0 Å². The number of rotatable bonds is 1. The molecule has 1 fully saturated rings. The fourth-order valence-electron chi connectivity index (χ4n) is 2.49. The molecule has 1 aliphatic heterocycles. The number of piperidine rings is 1. The van der Waals surface area contributed by atoms with E-state index in [4.69, 9.17) is 0 Å². The maximum atomic E-state index is 12.0. The summed E-state index contributed by atoms with van der Waals surface area (Å²) in [5, 5.41) is 3.32. The van der Waals surface area contributed by atoms with E-state index in [0.29, 0.717) is 11.6 Å². The lowest BCUT2D eigenvalue weighted by molar-refractivity contribution is 0.454. The van der Waals surface area contributed by atoms with E-state index in [2.05, 4.69) is 10.3 Å². The van der Waals surface area contributed by atoms with Gasteiger partial charge in [0.15, 0.2) is 5.43 Å². The molecule has 3 rings (SSSR count). The maximum Gasteiger partial charge on any atom is 0.257 e. The topological polar surface area (TPSA) is 66.4 Å². The van der Waals surface area contributed by atoms with Crippen molar-refractivity contribution in [1.82, 2.24) is 14.7 Å². The standard InChI is InChI=1S/C13H15N3O2/c17-10-3-5-16-12(6-10)15-11(7-13(16)18)9-2-1-4-14-8-9/h3,5-7,9,14-15H,1-2,4,8H2. The van der Waals surface area contributed by atoms with Crippen molar-refractivity contribution in [2.45, 2.75) is 18.8 Å². The van der Waals surface area contributed by atoms with Crippen molar-refractivity contribution in [2.75, 3.05) is 13.1 Å². The van der Waals surface area contributed by atoms with Crippen LogP contribution >= 0.6 is 0 Å². The summed E-state index contributed by atoms with van der Waals surface area (Å²) in [5.74, 6) is 0.326. The molecule has 1 atom stereocenters. The third-order valence-electron chi connectivity index (χ3n) is 3.45. The van der Waals surface area contributed by atoms with Gasteiger partial charge in [-0.1, -0.05) is 0 Å². The van der Waals surface area contributed by atoms with Gasteiger partial charge < -0.3 is 10.3 Å². The molecular weight excluding hydrogens is 230 g/mol. The maximum absolute atomic E-state index is 12.0. The van der Waals surface area contributed by atoms with Crippen molar-refractivity contribution in [3.63, 3.8) is 0 Å². The fourth-order valence-corrected chi connectivity index (χ4v) is 2.49. The Balaban J connectivity index is 2.13. The second-order valence-corrected chi connectivity index (χ2v) is 4.72. The van der Waals surface area contributed by atoms with Crippen LogP contribution in [-0.4, -0.2) is 22.5 Å². The molecule has 18 heavy (non-hydrogen) atoms. The largest absolute Gasteiger partial charge is 0.344 e. The van der Waals surface area contributed by atoms with Gasteiger partial charge in [0.1, 0.15) is 5.65 Å². The highest BCUT2D eigenvalue weighted by molar-refractivity contribution is 5.38. The quantitative estimate of drug-likeness (QED) is 0.767. The van der Waals surface area contributed by atoms with Crippen LogP contribution in [0.1, 0.15) is 24.5 Å².